The normalized spacial score (nSPS) is 11.9. The van der Waals surface area contributed by atoms with Gasteiger partial charge in [0.1, 0.15) is 12.4 Å². The van der Waals surface area contributed by atoms with Crippen molar-refractivity contribution in [1.29, 1.82) is 0 Å². The van der Waals surface area contributed by atoms with E-state index in [1.165, 1.54) is 12.3 Å². The van der Waals surface area contributed by atoms with Crippen LogP contribution in [-0.2, 0) is 11.3 Å². The molecule has 1 aromatic carbocycles. The zero-order valence-corrected chi connectivity index (χ0v) is 11.2. The summed E-state index contributed by atoms with van der Waals surface area (Å²) in [4.78, 5) is 22.5. The third-order valence-corrected chi connectivity index (χ3v) is 2.79. The van der Waals surface area contributed by atoms with Gasteiger partial charge in [0.25, 0.3) is 5.91 Å². The Morgan fingerprint density at radius 3 is 2.81 bits per heavy atom. The largest absolute Gasteiger partial charge is 0.480 e. The van der Waals surface area contributed by atoms with Crippen molar-refractivity contribution in [2.45, 2.75) is 19.5 Å². The minimum atomic E-state index is -1.09. The summed E-state index contributed by atoms with van der Waals surface area (Å²) in [6, 6.07) is 5.56. The molecule has 2 N–H and O–H groups in total. The Hall–Kier alpha value is -2.77. The Morgan fingerprint density at radius 1 is 1.43 bits per heavy atom. The van der Waals surface area contributed by atoms with Crippen LogP contribution in [0.1, 0.15) is 29.0 Å². The van der Waals surface area contributed by atoms with Gasteiger partial charge in [0.2, 0.25) is 0 Å². The van der Waals surface area contributed by atoms with Crippen LogP contribution in [0.5, 0.6) is 0 Å². The number of nitrogens with zero attached hydrogens (tertiary/aromatic N) is 3. The molecule has 1 atom stereocenters. The molecule has 7 nitrogen and oxygen atoms in total. The molecule has 0 aliphatic rings. The molecule has 0 aliphatic carbocycles. The fourth-order valence-corrected chi connectivity index (χ4v) is 1.79. The topological polar surface area (TPSA) is 97.1 Å². The standard InChI is InChI=1S/C13H13FN4O3/c1-8(9-4-2-3-5-10(9)14)15-13(21)11-6-18(17-16-11)7-12(19)20/h2-6,8H,7H2,1H3,(H,15,21)(H,19,20). The molecule has 1 unspecified atom stereocenters. The van der Waals surface area contributed by atoms with E-state index < -0.39 is 23.7 Å². The number of rotatable bonds is 5. The lowest BCUT2D eigenvalue weighted by Gasteiger charge is -2.13. The Kier molecular flexibility index (Phi) is 4.27. The molecule has 0 aliphatic heterocycles. The van der Waals surface area contributed by atoms with Gasteiger partial charge in [0, 0.05) is 5.56 Å². The van der Waals surface area contributed by atoms with Crippen molar-refractivity contribution in [2.75, 3.05) is 0 Å². The highest BCUT2D eigenvalue weighted by molar-refractivity contribution is 5.92. The number of carboxylic acid groups (broad SMARTS) is 1. The van der Waals surface area contributed by atoms with Gasteiger partial charge in [0.05, 0.1) is 12.2 Å². The lowest BCUT2D eigenvalue weighted by atomic mass is 10.1. The summed E-state index contributed by atoms with van der Waals surface area (Å²) in [5.41, 5.74) is 0.322. The summed E-state index contributed by atoms with van der Waals surface area (Å²) in [7, 11) is 0. The van der Waals surface area contributed by atoms with E-state index in [9.17, 15) is 14.0 Å². The summed E-state index contributed by atoms with van der Waals surface area (Å²) in [6.45, 7) is 1.25. The van der Waals surface area contributed by atoms with Crippen LogP contribution in [0.2, 0.25) is 0 Å². The molecule has 0 saturated heterocycles. The number of carbonyl (C=O) groups excluding carboxylic acids is 1. The van der Waals surface area contributed by atoms with Gasteiger partial charge < -0.3 is 10.4 Å². The maximum absolute atomic E-state index is 13.6. The van der Waals surface area contributed by atoms with Crippen LogP contribution in [0.4, 0.5) is 4.39 Å². The van der Waals surface area contributed by atoms with Crippen molar-refractivity contribution in [2.24, 2.45) is 0 Å². The zero-order chi connectivity index (χ0) is 15.4. The smallest absolute Gasteiger partial charge is 0.325 e. The van der Waals surface area contributed by atoms with E-state index in [-0.39, 0.29) is 12.2 Å². The van der Waals surface area contributed by atoms with Gasteiger partial charge in [-0.1, -0.05) is 23.4 Å². The number of nitrogens with one attached hydrogen (secondary N) is 1. The van der Waals surface area contributed by atoms with Crippen molar-refractivity contribution in [1.82, 2.24) is 20.3 Å². The lowest BCUT2D eigenvalue weighted by molar-refractivity contribution is -0.137. The van der Waals surface area contributed by atoms with Gasteiger partial charge in [-0.2, -0.15) is 0 Å². The van der Waals surface area contributed by atoms with Crippen molar-refractivity contribution in [3.8, 4) is 0 Å². The number of aromatic nitrogens is 3. The number of hydrogen-bond donors (Lipinski definition) is 2. The molecule has 110 valence electrons. The first-order valence-electron chi connectivity index (χ1n) is 6.14. The maximum atomic E-state index is 13.6. The van der Waals surface area contributed by atoms with E-state index in [1.54, 1.807) is 25.1 Å². The van der Waals surface area contributed by atoms with Crippen LogP contribution < -0.4 is 5.32 Å². The Labute approximate surface area is 119 Å². The number of carbonyl (C=O) groups is 2. The summed E-state index contributed by atoms with van der Waals surface area (Å²) in [5, 5.41) is 18.3. The molecule has 2 rings (SSSR count). The third-order valence-electron chi connectivity index (χ3n) is 2.79. The number of carboxylic acids is 1. The van der Waals surface area contributed by atoms with E-state index in [2.05, 4.69) is 15.6 Å². The highest BCUT2D eigenvalue weighted by Crippen LogP contribution is 2.16. The van der Waals surface area contributed by atoms with Gasteiger partial charge in [-0.15, -0.1) is 5.10 Å². The molecule has 0 bridgehead atoms. The SMILES string of the molecule is CC(NC(=O)c1cn(CC(=O)O)nn1)c1ccccc1F. The van der Waals surface area contributed by atoms with Gasteiger partial charge in [0.15, 0.2) is 5.69 Å². The van der Waals surface area contributed by atoms with Gasteiger partial charge in [-0.05, 0) is 13.0 Å². The summed E-state index contributed by atoms with van der Waals surface area (Å²) in [6.07, 6.45) is 1.22. The van der Waals surface area contributed by atoms with Crippen LogP contribution in [0.25, 0.3) is 0 Å². The Bertz CT molecular complexity index is 671. The van der Waals surface area contributed by atoms with E-state index >= 15 is 0 Å². The van der Waals surface area contributed by atoms with Crippen LogP contribution in [0.15, 0.2) is 30.5 Å². The van der Waals surface area contributed by atoms with Crippen molar-refractivity contribution in [3.63, 3.8) is 0 Å². The fraction of sp³-hybridized carbons (Fsp3) is 0.231. The second-order valence-corrected chi connectivity index (χ2v) is 4.41. The first-order valence-corrected chi connectivity index (χ1v) is 6.14. The van der Waals surface area contributed by atoms with E-state index in [0.29, 0.717) is 5.56 Å². The number of aliphatic carboxylic acids is 1. The molecule has 21 heavy (non-hydrogen) atoms. The minimum Gasteiger partial charge on any atom is -0.480 e. The predicted molar refractivity (Wildman–Crippen MR) is 69.9 cm³/mol. The first kappa shape index (κ1) is 14.6. The highest BCUT2D eigenvalue weighted by atomic mass is 19.1. The number of halogens is 1. The molecular formula is C13H13FN4O3. The van der Waals surface area contributed by atoms with Gasteiger partial charge in [-0.25, -0.2) is 9.07 Å². The molecule has 0 fully saturated rings. The summed E-state index contributed by atoms with van der Waals surface area (Å²) < 4.78 is 14.6. The first-order chi connectivity index (χ1) is 9.97. The minimum absolute atomic E-state index is 0.0283. The molecular weight excluding hydrogens is 279 g/mol. The molecule has 8 heteroatoms. The van der Waals surface area contributed by atoms with E-state index in [4.69, 9.17) is 5.11 Å². The predicted octanol–water partition coefficient (Wildman–Crippen LogP) is 0.993. The molecule has 1 heterocycles. The van der Waals surface area contributed by atoms with Crippen LogP contribution in [-0.4, -0.2) is 32.0 Å². The maximum Gasteiger partial charge on any atom is 0.325 e. The molecule has 0 spiro atoms. The lowest BCUT2D eigenvalue weighted by Crippen LogP contribution is -2.27. The number of benzene rings is 1. The molecule has 2 aromatic rings. The molecule has 1 amide bonds. The zero-order valence-electron chi connectivity index (χ0n) is 11.2. The van der Waals surface area contributed by atoms with Crippen molar-refractivity contribution < 1.29 is 19.1 Å². The van der Waals surface area contributed by atoms with E-state index in [1.807, 2.05) is 0 Å². The molecule has 1 aromatic heterocycles. The Morgan fingerprint density at radius 2 is 2.14 bits per heavy atom. The highest BCUT2D eigenvalue weighted by Gasteiger charge is 2.17. The average Bonchev–Trinajstić information content (AvgIpc) is 2.86. The molecule has 0 radical (unpaired) electrons. The number of amides is 1. The van der Waals surface area contributed by atoms with E-state index in [0.717, 1.165) is 4.68 Å². The van der Waals surface area contributed by atoms with Crippen LogP contribution in [0, 0.1) is 5.82 Å². The summed E-state index contributed by atoms with van der Waals surface area (Å²) >= 11 is 0. The van der Waals surface area contributed by atoms with Gasteiger partial charge in [-0.3, -0.25) is 9.59 Å². The van der Waals surface area contributed by atoms with Crippen LogP contribution >= 0.6 is 0 Å². The van der Waals surface area contributed by atoms with Crippen molar-refractivity contribution >= 4 is 11.9 Å². The fourth-order valence-electron chi connectivity index (χ4n) is 1.79. The summed E-state index contributed by atoms with van der Waals surface area (Å²) in [5.74, 6) is -2.06. The second-order valence-electron chi connectivity index (χ2n) is 4.41. The quantitative estimate of drug-likeness (QED) is 0.856. The molecule has 0 saturated carbocycles. The Balaban J connectivity index is 2.06. The second kappa shape index (κ2) is 6.12. The third kappa shape index (κ3) is 3.62. The number of hydrogen-bond acceptors (Lipinski definition) is 4. The van der Waals surface area contributed by atoms with Gasteiger partial charge >= 0.3 is 5.97 Å². The van der Waals surface area contributed by atoms with Crippen molar-refractivity contribution in [3.05, 3.63) is 47.5 Å². The average molecular weight is 292 g/mol. The van der Waals surface area contributed by atoms with Crippen LogP contribution in [0.3, 0.4) is 0 Å². The monoisotopic (exact) mass is 292 g/mol.